The van der Waals surface area contributed by atoms with Crippen LogP contribution in [-0.2, 0) is 6.16 Å². The van der Waals surface area contributed by atoms with Crippen LogP contribution in [0.3, 0.4) is 0 Å². The fourth-order valence-electron chi connectivity index (χ4n) is 1.91. The predicted molar refractivity (Wildman–Crippen MR) is 93.4 cm³/mol. The van der Waals surface area contributed by atoms with Crippen molar-refractivity contribution in [2.24, 2.45) is 0 Å². The molecule has 0 aliphatic rings. The molecule has 1 aromatic carbocycles. The molecule has 18 heavy (non-hydrogen) atoms. The fraction of sp³-hybridized carbons (Fsp3) is 0.467. The first-order valence-corrected chi connectivity index (χ1v) is 13.1. The minimum atomic E-state index is -2.04. The van der Waals surface area contributed by atoms with Gasteiger partial charge >= 0.3 is 118 Å². The van der Waals surface area contributed by atoms with Crippen molar-refractivity contribution in [3.05, 3.63) is 42.0 Å². The Morgan fingerprint density at radius 1 is 1.22 bits per heavy atom. The molecular formula is C15H25ClP2. The van der Waals surface area contributed by atoms with Gasteiger partial charge in [-0.1, -0.05) is 0 Å². The van der Waals surface area contributed by atoms with Crippen LogP contribution in [0.5, 0.6) is 0 Å². The molecule has 0 atom stereocenters. The summed E-state index contributed by atoms with van der Waals surface area (Å²) in [5.41, 5.74) is 2.53. The second kappa shape index (κ2) is 6.04. The van der Waals surface area contributed by atoms with Gasteiger partial charge in [0.15, 0.2) is 0 Å². The predicted octanol–water partition coefficient (Wildman–Crippen LogP) is 5.54. The van der Waals surface area contributed by atoms with Gasteiger partial charge in [-0.3, -0.25) is 0 Å². The van der Waals surface area contributed by atoms with E-state index in [1.165, 1.54) is 23.5 Å². The number of benzene rings is 1. The van der Waals surface area contributed by atoms with Gasteiger partial charge in [0.25, 0.3) is 0 Å². The Balaban J connectivity index is 2.75. The van der Waals surface area contributed by atoms with Crippen molar-refractivity contribution < 1.29 is 0 Å². The molecule has 0 saturated heterocycles. The third-order valence-corrected chi connectivity index (χ3v) is 8.40. The second-order valence-electron chi connectivity index (χ2n) is 6.14. The molecule has 0 aromatic heterocycles. The summed E-state index contributed by atoms with van der Waals surface area (Å²) in [4.78, 5) is 0. The van der Waals surface area contributed by atoms with Crippen molar-refractivity contribution in [1.82, 2.24) is 0 Å². The summed E-state index contributed by atoms with van der Waals surface area (Å²) in [6.45, 7) is 13.0. The van der Waals surface area contributed by atoms with Crippen LogP contribution in [0.4, 0.5) is 0 Å². The Morgan fingerprint density at radius 3 is 2.22 bits per heavy atom. The molecule has 0 saturated carbocycles. The van der Waals surface area contributed by atoms with Gasteiger partial charge in [0.05, 0.1) is 0 Å². The van der Waals surface area contributed by atoms with Gasteiger partial charge in [-0.05, 0) is 0 Å². The van der Waals surface area contributed by atoms with Crippen LogP contribution < -0.4 is 0 Å². The van der Waals surface area contributed by atoms with Gasteiger partial charge < -0.3 is 0 Å². The SMILES string of the molecule is C=Cc1ccc(CP(C)(C)(Cl)CCP(C)C)cc1. The van der Waals surface area contributed by atoms with E-state index in [4.69, 9.17) is 11.2 Å². The van der Waals surface area contributed by atoms with Gasteiger partial charge in [0.1, 0.15) is 0 Å². The van der Waals surface area contributed by atoms with Crippen LogP contribution >= 0.6 is 25.1 Å². The standard InChI is InChI=1S/C15H25ClP2/c1-6-14-7-9-15(10-8-14)13-18(4,5,16)12-11-17(2)3/h6-10H,1,11-13H2,2-5H3. The average molecular weight is 303 g/mol. The second-order valence-corrected chi connectivity index (χ2v) is 18.0. The summed E-state index contributed by atoms with van der Waals surface area (Å²) >= 11 is 6.96. The molecule has 0 heterocycles. The van der Waals surface area contributed by atoms with E-state index < -0.39 is 5.96 Å². The van der Waals surface area contributed by atoms with Crippen LogP contribution in [-0.4, -0.2) is 39.0 Å². The Hall–Kier alpha value is 0.110. The summed E-state index contributed by atoms with van der Waals surface area (Å²) in [5.74, 6) is -2.04. The molecule has 0 spiro atoms. The zero-order valence-electron chi connectivity index (χ0n) is 12.0. The van der Waals surface area contributed by atoms with Crippen LogP contribution in [0, 0.1) is 0 Å². The Labute approximate surface area is 118 Å². The summed E-state index contributed by atoms with van der Waals surface area (Å²) in [5, 5.41) is 0. The fourth-order valence-corrected chi connectivity index (χ4v) is 8.57. The molecule has 0 aliphatic heterocycles. The zero-order chi connectivity index (χ0) is 13.8. The third kappa shape index (κ3) is 5.83. The van der Waals surface area contributed by atoms with E-state index in [0.29, 0.717) is 0 Å². The van der Waals surface area contributed by atoms with E-state index in [0.717, 1.165) is 6.16 Å². The average Bonchev–Trinajstić information content (AvgIpc) is 2.27. The Bertz CT molecular complexity index is 399. The van der Waals surface area contributed by atoms with E-state index in [-0.39, 0.29) is 7.92 Å². The van der Waals surface area contributed by atoms with Crippen molar-refractivity contribution in [2.45, 2.75) is 6.16 Å². The Morgan fingerprint density at radius 2 is 1.78 bits per heavy atom. The molecule has 0 aliphatic carbocycles. The van der Waals surface area contributed by atoms with E-state index in [1.54, 1.807) is 0 Å². The summed E-state index contributed by atoms with van der Waals surface area (Å²) in [6.07, 6.45) is 5.39. The molecule has 3 heteroatoms. The molecule has 0 nitrogen and oxygen atoms in total. The van der Waals surface area contributed by atoms with Crippen molar-refractivity contribution in [3.63, 3.8) is 0 Å². The Kier molecular flexibility index (Phi) is 5.43. The van der Waals surface area contributed by atoms with Crippen molar-refractivity contribution >= 4 is 31.2 Å². The molecule has 1 rings (SSSR count). The van der Waals surface area contributed by atoms with Gasteiger partial charge in [0.2, 0.25) is 0 Å². The van der Waals surface area contributed by atoms with E-state index in [2.05, 4.69) is 57.5 Å². The maximum absolute atomic E-state index is 6.96. The monoisotopic (exact) mass is 302 g/mol. The van der Waals surface area contributed by atoms with Crippen molar-refractivity contribution in [1.29, 1.82) is 0 Å². The van der Waals surface area contributed by atoms with Crippen LogP contribution in [0.2, 0.25) is 0 Å². The molecule has 0 amide bonds. The number of halogens is 1. The maximum atomic E-state index is 6.96. The molecular weight excluding hydrogens is 278 g/mol. The third-order valence-electron chi connectivity index (χ3n) is 3.12. The summed E-state index contributed by atoms with van der Waals surface area (Å²) < 4.78 is 0. The van der Waals surface area contributed by atoms with Gasteiger partial charge in [-0.2, -0.15) is 0 Å². The molecule has 0 bridgehead atoms. The van der Waals surface area contributed by atoms with Crippen molar-refractivity contribution in [3.8, 4) is 0 Å². The number of hydrogen-bond donors (Lipinski definition) is 0. The molecule has 102 valence electrons. The number of rotatable bonds is 6. The summed E-state index contributed by atoms with van der Waals surface area (Å²) in [7, 11) is 0.156. The van der Waals surface area contributed by atoms with Crippen LogP contribution in [0.1, 0.15) is 11.1 Å². The minimum absolute atomic E-state index is 0.156. The normalized spacial score (nSPS) is 14.2. The van der Waals surface area contributed by atoms with Crippen LogP contribution in [0.25, 0.3) is 6.08 Å². The van der Waals surface area contributed by atoms with Crippen LogP contribution in [0.15, 0.2) is 30.8 Å². The molecule has 0 fully saturated rings. The van der Waals surface area contributed by atoms with E-state index >= 15 is 0 Å². The molecule has 0 N–H and O–H groups in total. The van der Waals surface area contributed by atoms with Crippen molar-refractivity contribution in [2.75, 3.05) is 39.0 Å². The molecule has 0 radical (unpaired) electrons. The van der Waals surface area contributed by atoms with Gasteiger partial charge in [-0.25, -0.2) is 0 Å². The van der Waals surface area contributed by atoms with Gasteiger partial charge in [0, 0.05) is 0 Å². The summed E-state index contributed by atoms with van der Waals surface area (Å²) in [6, 6.07) is 8.62. The molecule has 1 aromatic rings. The quantitative estimate of drug-likeness (QED) is 0.605. The first kappa shape index (κ1) is 16.2. The number of hydrogen-bond acceptors (Lipinski definition) is 0. The molecule has 0 unspecified atom stereocenters. The van der Waals surface area contributed by atoms with Gasteiger partial charge in [-0.15, -0.1) is 0 Å². The van der Waals surface area contributed by atoms with E-state index in [1.807, 2.05) is 6.08 Å². The first-order chi connectivity index (χ1) is 8.19. The topological polar surface area (TPSA) is 0 Å². The zero-order valence-corrected chi connectivity index (χ0v) is 14.5. The van der Waals surface area contributed by atoms with E-state index in [9.17, 15) is 0 Å². The first-order valence-electron chi connectivity index (χ1n) is 6.28.